The van der Waals surface area contributed by atoms with Gasteiger partial charge in [0.05, 0.1) is 0 Å². The van der Waals surface area contributed by atoms with Crippen molar-refractivity contribution in [1.29, 1.82) is 0 Å². The van der Waals surface area contributed by atoms with Crippen LogP contribution in [0.4, 0.5) is 0 Å². The normalized spacial score (nSPS) is 3.00. The Labute approximate surface area is 97.8 Å². The van der Waals surface area contributed by atoms with E-state index in [4.69, 9.17) is 14.1 Å². The smallest absolute Gasteiger partial charge is 0.604 e. The third kappa shape index (κ3) is 146. The average Bonchev–Trinajstić information content (AvgIpc) is 0.811. The molecule has 0 aromatic carbocycles. The zero-order valence-corrected chi connectivity index (χ0v) is 9.53. The third-order valence-corrected chi connectivity index (χ3v) is 0. The van der Waals surface area contributed by atoms with Gasteiger partial charge in [0.25, 0.3) is 0 Å². The molecule has 0 spiro atoms. The van der Waals surface area contributed by atoms with Crippen LogP contribution >= 0.6 is 12.4 Å². The van der Waals surface area contributed by atoms with Crippen LogP contribution < -0.4 is 68.5 Å². The van der Waals surface area contributed by atoms with Crippen LogP contribution in [0.2, 0.25) is 0 Å². The van der Waals surface area contributed by atoms with E-state index in [-0.39, 0.29) is 76.1 Å². The summed E-state index contributed by atoms with van der Waals surface area (Å²) in [5.41, 5.74) is 0. The van der Waals surface area contributed by atoms with E-state index in [2.05, 4.69) is 0 Å². The van der Waals surface area contributed by atoms with E-state index in [9.17, 15) is 0 Å². The van der Waals surface area contributed by atoms with Gasteiger partial charge in [0.15, 0.2) is 0 Å². The molecular formula is H8ClKN2O3Si. The van der Waals surface area contributed by atoms with E-state index in [0.29, 0.717) is 0 Å². The molecule has 8 heteroatoms. The van der Waals surface area contributed by atoms with Gasteiger partial charge >= 0.3 is 60.6 Å². The molecule has 5 nitrogen and oxygen atoms in total. The van der Waals surface area contributed by atoms with E-state index in [0.717, 1.165) is 0 Å². The minimum Gasteiger partial charge on any atom is -0.604 e. The summed E-state index contributed by atoms with van der Waals surface area (Å²) in [6, 6.07) is 0. The Morgan fingerprint density at radius 1 is 1.38 bits per heavy atom. The standard InChI is InChI=1S/ClH.K.2H3N.HO3Si/c;;;;1-4(2)3/h1H;;2*1H3;1H/q;+1;;;-1. The van der Waals surface area contributed by atoms with Gasteiger partial charge in [0, 0.05) is 0 Å². The number of hydrogen-bond acceptors (Lipinski definition) is 4. The quantitative estimate of drug-likeness (QED) is 0.329. The molecule has 48 valence electrons. The maximum absolute atomic E-state index is 8.63. The number of rotatable bonds is 0. The first-order valence-corrected chi connectivity index (χ1v) is 1.90. The summed E-state index contributed by atoms with van der Waals surface area (Å²) in [7, 11) is -3.38. The second-order valence-electron chi connectivity index (χ2n) is 0.266. The average molecular weight is 187 g/mol. The predicted octanol–water partition coefficient (Wildman–Crippen LogP) is -4.50. The van der Waals surface area contributed by atoms with Crippen molar-refractivity contribution in [3.8, 4) is 0 Å². The molecule has 0 heterocycles. The fourth-order valence-electron chi connectivity index (χ4n) is 0. The zero-order chi connectivity index (χ0) is 3.58. The van der Waals surface area contributed by atoms with Crippen molar-refractivity contribution in [3.63, 3.8) is 0 Å². The van der Waals surface area contributed by atoms with Gasteiger partial charge in [-0.05, 0) is 0 Å². The summed E-state index contributed by atoms with van der Waals surface area (Å²) < 4.78 is 8.63. The van der Waals surface area contributed by atoms with E-state index >= 15 is 0 Å². The summed E-state index contributed by atoms with van der Waals surface area (Å²) >= 11 is 0. The third-order valence-electron chi connectivity index (χ3n) is 0. The Balaban J connectivity index is -0.00000000750. The molecule has 0 aliphatic carbocycles. The minimum atomic E-state index is -3.38. The molecule has 0 unspecified atom stereocenters. The first-order chi connectivity index (χ1) is 1.73. The van der Waals surface area contributed by atoms with Gasteiger partial charge in [0.2, 0.25) is 0 Å². The summed E-state index contributed by atoms with van der Waals surface area (Å²) in [6.07, 6.45) is 0. The zero-order valence-electron chi connectivity index (χ0n) is 4.59. The predicted molar refractivity (Wildman–Crippen MR) is 26.0 cm³/mol. The van der Waals surface area contributed by atoms with Gasteiger partial charge in [-0.3, -0.25) is 0 Å². The molecule has 0 aromatic heterocycles. The molecule has 0 rings (SSSR count). The van der Waals surface area contributed by atoms with E-state index in [1.54, 1.807) is 0 Å². The molecule has 0 amide bonds. The van der Waals surface area contributed by atoms with Gasteiger partial charge in [0.1, 0.15) is 0 Å². The molecule has 0 saturated heterocycles. The van der Waals surface area contributed by atoms with Crippen LogP contribution in [0.3, 0.4) is 0 Å². The Hall–Kier alpha value is 1.46. The maximum Gasteiger partial charge on any atom is 1.00 e. The molecule has 0 bridgehead atoms. The van der Waals surface area contributed by atoms with Crippen LogP contribution in [0, 0.1) is 0 Å². The van der Waals surface area contributed by atoms with Crippen molar-refractivity contribution >= 4 is 21.6 Å². The van der Waals surface area contributed by atoms with Crippen molar-refractivity contribution in [1.82, 2.24) is 12.3 Å². The van der Waals surface area contributed by atoms with E-state index < -0.39 is 9.17 Å². The van der Waals surface area contributed by atoms with Crippen LogP contribution in [0.25, 0.3) is 0 Å². The van der Waals surface area contributed by atoms with Crippen LogP contribution in [-0.2, 0) is 4.46 Å². The number of halogens is 1. The molecular weight excluding hydrogens is 179 g/mol. The van der Waals surface area contributed by atoms with Crippen LogP contribution in [0.5, 0.6) is 0 Å². The second kappa shape index (κ2) is 23.7. The summed E-state index contributed by atoms with van der Waals surface area (Å²) in [5.74, 6) is 0. The molecule has 0 aromatic rings. The van der Waals surface area contributed by atoms with Crippen molar-refractivity contribution < 1.29 is 65.4 Å². The SMILES string of the molecule is Cl.N.N.O=[Si]([O-])O.[K+]. The van der Waals surface area contributed by atoms with E-state index in [1.807, 2.05) is 0 Å². The number of hydrogen-bond donors (Lipinski definition) is 3. The molecule has 0 saturated carbocycles. The topological polar surface area (TPSA) is 130 Å². The largest absolute Gasteiger partial charge is 1.00 e. The fraction of sp³-hybridized carbons (Fsp3) is 0. The Morgan fingerprint density at radius 2 is 1.38 bits per heavy atom. The molecule has 0 atom stereocenters. The molecule has 0 aliphatic heterocycles. The summed E-state index contributed by atoms with van der Waals surface area (Å²) in [5, 5.41) is 0. The Kier molecular flexibility index (Phi) is 101. The van der Waals surface area contributed by atoms with Crippen molar-refractivity contribution in [3.05, 3.63) is 0 Å². The Bertz CT molecular complexity index is 40.3. The Morgan fingerprint density at radius 3 is 1.38 bits per heavy atom. The van der Waals surface area contributed by atoms with Gasteiger partial charge in [-0.15, -0.1) is 12.4 Å². The van der Waals surface area contributed by atoms with Crippen LogP contribution in [-0.4, -0.2) is 14.0 Å². The molecule has 0 fully saturated rings. The van der Waals surface area contributed by atoms with Crippen LogP contribution in [0.15, 0.2) is 0 Å². The van der Waals surface area contributed by atoms with Gasteiger partial charge < -0.3 is 26.4 Å². The van der Waals surface area contributed by atoms with Crippen molar-refractivity contribution in [2.24, 2.45) is 0 Å². The maximum atomic E-state index is 8.63. The molecule has 8 heavy (non-hydrogen) atoms. The van der Waals surface area contributed by atoms with Gasteiger partial charge in [-0.25, -0.2) is 0 Å². The summed E-state index contributed by atoms with van der Waals surface area (Å²) in [6.45, 7) is 0. The van der Waals surface area contributed by atoms with Crippen molar-refractivity contribution in [2.75, 3.05) is 0 Å². The van der Waals surface area contributed by atoms with Gasteiger partial charge in [-0.2, -0.15) is 0 Å². The first-order valence-electron chi connectivity index (χ1n) is 0.632. The van der Waals surface area contributed by atoms with Crippen molar-refractivity contribution in [2.45, 2.75) is 0 Å². The monoisotopic (exact) mass is 186 g/mol. The minimum absolute atomic E-state index is 0. The first kappa shape index (κ1) is 34.0. The second-order valence-corrected chi connectivity index (χ2v) is 0.798. The van der Waals surface area contributed by atoms with Gasteiger partial charge in [-0.1, -0.05) is 0 Å². The molecule has 0 aliphatic rings. The summed E-state index contributed by atoms with van der Waals surface area (Å²) in [4.78, 5) is 15.7. The fourth-order valence-corrected chi connectivity index (χ4v) is 0. The van der Waals surface area contributed by atoms with Crippen LogP contribution in [0.1, 0.15) is 0 Å². The molecule has 0 radical (unpaired) electrons. The van der Waals surface area contributed by atoms with E-state index in [1.165, 1.54) is 0 Å². The molecule has 7 N–H and O–H groups in total.